The van der Waals surface area contributed by atoms with Gasteiger partial charge in [0.15, 0.2) is 5.11 Å². The van der Waals surface area contributed by atoms with Gasteiger partial charge in [-0.1, -0.05) is 25.3 Å². The molecule has 5 nitrogen and oxygen atoms in total. The molecule has 2 atom stereocenters. The fourth-order valence-electron chi connectivity index (χ4n) is 5.19. The summed E-state index contributed by atoms with van der Waals surface area (Å²) in [6, 6.07) is 19.8. The average Bonchev–Trinajstić information content (AvgIpc) is 3.44. The third-order valence-corrected chi connectivity index (χ3v) is 7.14. The Bertz CT molecular complexity index is 1050. The lowest BCUT2D eigenvalue weighted by Gasteiger charge is -2.32. The maximum Gasteiger partial charge on any atom is 0.174 e. The summed E-state index contributed by atoms with van der Waals surface area (Å²) >= 11 is 5.90. The second kappa shape index (κ2) is 8.94. The first-order valence-corrected chi connectivity index (χ1v) is 12.0. The van der Waals surface area contributed by atoms with Crippen LogP contribution in [0.15, 0.2) is 67.0 Å². The van der Waals surface area contributed by atoms with Crippen LogP contribution in [0.4, 0.5) is 11.4 Å². The number of anilines is 2. The maximum absolute atomic E-state index is 5.90. The van der Waals surface area contributed by atoms with Crippen LogP contribution in [-0.2, 0) is 0 Å². The highest BCUT2D eigenvalue weighted by Gasteiger charge is 2.42. The van der Waals surface area contributed by atoms with Gasteiger partial charge in [0.05, 0.1) is 11.7 Å². The Labute approximate surface area is 196 Å². The van der Waals surface area contributed by atoms with Gasteiger partial charge >= 0.3 is 0 Å². The number of benzene rings is 1. The first-order valence-electron chi connectivity index (χ1n) is 11.6. The van der Waals surface area contributed by atoms with Crippen LogP contribution in [0.3, 0.4) is 0 Å². The number of nitrogens with one attached hydrogen (secondary N) is 1. The highest BCUT2D eigenvalue weighted by molar-refractivity contribution is 7.80. The van der Waals surface area contributed by atoms with Gasteiger partial charge in [-0.25, -0.2) is 0 Å². The van der Waals surface area contributed by atoms with Gasteiger partial charge in [0, 0.05) is 49.6 Å². The number of rotatable bonds is 5. The second-order valence-electron chi connectivity index (χ2n) is 9.04. The van der Waals surface area contributed by atoms with E-state index >= 15 is 0 Å². The molecule has 5 rings (SSSR count). The largest absolute Gasteiger partial charge is 0.378 e. The molecule has 1 aliphatic heterocycles. The van der Waals surface area contributed by atoms with Crippen LogP contribution < -0.4 is 15.1 Å². The molecule has 3 heterocycles. The minimum absolute atomic E-state index is 0.00512. The van der Waals surface area contributed by atoms with Crippen molar-refractivity contribution in [3.05, 3.63) is 78.4 Å². The fourth-order valence-corrected chi connectivity index (χ4v) is 5.54. The number of hydrogen-bond donors (Lipinski definition) is 1. The molecular formula is C26H31N5S. The SMILES string of the molecule is CN(C)c1ccc(N2C(=S)N[C@@H](c3ccccn3)[C@@H]2c2cccn2C2CCCCC2)cc1. The van der Waals surface area contributed by atoms with Crippen LogP contribution in [0.5, 0.6) is 0 Å². The molecular weight excluding hydrogens is 414 g/mol. The number of nitrogens with zero attached hydrogens (tertiary/aromatic N) is 4. The Balaban J connectivity index is 1.58. The van der Waals surface area contributed by atoms with Crippen molar-refractivity contribution in [1.29, 1.82) is 0 Å². The Hall–Kier alpha value is -2.86. The van der Waals surface area contributed by atoms with E-state index in [0.717, 1.165) is 16.5 Å². The van der Waals surface area contributed by atoms with E-state index in [1.165, 1.54) is 43.5 Å². The molecule has 1 saturated heterocycles. The van der Waals surface area contributed by atoms with Gasteiger partial charge in [0.2, 0.25) is 0 Å². The van der Waals surface area contributed by atoms with Crippen LogP contribution in [0.2, 0.25) is 0 Å². The lowest BCUT2D eigenvalue weighted by Crippen LogP contribution is -2.31. The van der Waals surface area contributed by atoms with E-state index in [-0.39, 0.29) is 12.1 Å². The van der Waals surface area contributed by atoms with Crippen LogP contribution in [0.1, 0.15) is 61.6 Å². The predicted octanol–water partition coefficient (Wildman–Crippen LogP) is 5.63. The number of aromatic nitrogens is 2. The molecule has 1 aliphatic carbocycles. The van der Waals surface area contributed by atoms with E-state index in [1.807, 2.05) is 12.3 Å². The molecule has 6 heteroatoms. The van der Waals surface area contributed by atoms with Gasteiger partial charge in [0.1, 0.15) is 6.04 Å². The van der Waals surface area contributed by atoms with Crippen molar-refractivity contribution in [1.82, 2.24) is 14.9 Å². The summed E-state index contributed by atoms with van der Waals surface area (Å²) in [5.74, 6) is 0. The first-order chi connectivity index (χ1) is 15.6. The Morgan fingerprint density at radius 3 is 2.44 bits per heavy atom. The first kappa shape index (κ1) is 21.0. The maximum atomic E-state index is 5.90. The number of hydrogen-bond acceptors (Lipinski definition) is 3. The zero-order chi connectivity index (χ0) is 22.1. The van der Waals surface area contributed by atoms with Crippen LogP contribution in [-0.4, -0.2) is 28.8 Å². The molecule has 2 aliphatic rings. The quantitative estimate of drug-likeness (QED) is 0.515. The molecule has 2 fully saturated rings. The van der Waals surface area contributed by atoms with Crippen molar-refractivity contribution < 1.29 is 0 Å². The molecule has 1 saturated carbocycles. The smallest absolute Gasteiger partial charge is 0.174 e. The third-order valence-electron chi connectivity index (χ3n) is 6.83. The van der Waals surface area contributed by atoms with Crippen molar-refractivity contribution in [2.45, 2.75) is 50.2 Å². The molecule has 2 aromatic heterocycles. The van der Waals surface area contributed by atoms with Crippen LogP contribution in [0, 0.1) is 0 Å². The molecule has 0 unspecified atom stereocenters. The Morgan fingerprint density at radius 1 is 0.969 bits per heavy atom. The summed E-state index contributed by atoms with van der Waals surface area (Å²) in [6.07, 6.45) is 10.6. The van der Waals surface area contributed by atoms with Crippen LogP contribution >= 0.6 is 12.2 Å². The molecule has 3 aromatic rings. The van der Waals surface area contributed by atoms with Crippen molar-refractivity contribution in [3.63, 3.8) is 0 Å². The molecule has 1 aromatic carbocycles. The Morgan fingerprint density at radius 2 is 1.75 bits per heavy atom. The van der Waals surface area contributed by atoms with E-state index in [0.29, 0.717) is 6.04 Å². The van der Waals surface area contributed by atoms with Gasteiger partial charge < -0.3 is 19.7 Å². The van der Waals surface area contributed by atoms with E-state index in [9.17, 15) is 0 Å². The summed E-state index contributed by atoms with van der Waals surface area (Å²) in [6.45, 7) is 0. The van der Waals surface area contributed by atoms with Crippen molar-refractivity contribution in [3.8, 4) is 0 Å². The average molecular weight is 446 g/mol. The van der Waals surface area contributed by atoms with E-state index in [4.69, 9.17) is 17.2 Å². The summed E-state index contributed by atoms with van der Waals surface area (Å²) in [7, 11) is 4.13. The standard InChI is InChI=1S/C26H31N5S/c1-29(2)19-13-15-21(16-14-19)31-25(24(28-26(31)32)22-11-6-7-17-27-22)23-12-8-18-30(23)20-9-4-3-5-10-20/h6-8,11-18,20,24-25H,3-5,9-10H2,1-2H3,(H,28,32)/t24-,25-/m0/s1. The van der Waals surface area contributed by atoms with Crippen molar-refractivity contribution in [2.24, 2.45) is 0 Å². The van der Waals surface area contributed by atoms with Gasteiger partial charge in [-0.2, -0.15) is 0 Å². The summed E-state index contributed by atoms with van der Waals surface area (Å²) in [5.41, 5.74) is 4.60. The van der Waals surface area contributed by atoms with E-state index in [2.05, 4.69) is 88.5 Å². The minimum Gasteiger partial charge on any atom is -0.378 e. The fraction of sp³-hybridized carbons (Fsp3) is 0.385. The molecule has 166 valence electrons. The lowest BCUT2D eigenvalue weighted by atomic mass is 9.94. The third kappa shape index (κ3) is 3.88. The topological polar surface area (TPSA) is 36.3 Å². The lowest BCUT2D eigenvalue weighted by molar-refractivity contribution is 0.340. The molecule has 0 amide bonds. The highest BCUT2D eigenvalue weighted by atomic mass is 32.1. The van der Waals surface area contributed by atoms with Gasteiger partial charge in [0.25, 0.3) is 0 Å². The number of pyridine rings is 1. The van der Waals surface area contributed by atoms with Crippen molar-refractivity contribution in [2.75, 3.05) is 23.9 Å². The van der Waals surface area contributed by atoms with Gasteiger partial charge in [-0.3, -0.25) is 4.98 Å². The predicted molar refractivity (Wildman–Crippen MR) is 135 cm³/mol. The van der Waals surface area contributed by atoms with Crippen molar-refractivity contribution >= 4 is 28.7 Å². The second-order valence-corrected chi connectivity index (χ2v) is 9.43. The monoisotopic (exact) mass is 445 g/mol. The number of thiocarbonyl (C=S) groups is 1. The highest BCUT2D eigenvalue weighted by Crippen LogP contribution is 2.43. The Kier molecular flexibility index (Phi) is 5.87. The minimum atomic E-state index is -0.00512. The van der Waals surface area contributed by atoms with E-state index in [1.54, 1.807) is 0 Å². The molecule has 0 spiro atoms. The summed E-state index contributed by atoms with van der Waals surface area (Å²) in [5, 5.41) is 4.35. The zero-order valence-electron chi connectivity index (χ0n) is 18.8. The molecule has 1 N–H and O–H groups in total. The van der Waals surface area contributed by atoms with Crippen LogP contribution in [0.25, 0.3) is 0 Å². The molecule has 32 heavy (non-hydrogen) atoms. The molecule has 0 bridgehead atoms. The molecule has 0 radical (unpaired) electrons. The summed E-state index contributed by atoms with van der Waals surface area (Å²) in [4.78, 5) is 9.10. The van der Waals surface area contributed by atoms with Gasteiger partial charge in [-0.15, -0.1) is 0 Å². The normalized spacial score (nSPS) is 21.6. The zero-order valence-corrected chi connectivity index (χ0v) is 19.6. The summed E-state index contributed by atoms with van der Waals surface area (Å²) < 4.78 is 2.51. The van der Waals surface area contributed by atoms with E-state index < -0.39 is 0 Å². The van der Waals surface area contributed by atoms with Gasteiger partial charge in [-0.05, 0) is 73.6 Å².